The molecule has 0 rings (SSSR count). The molecule has 11 heavy (non-hydrogen) atoms. The predicted octanol–water partition coefficient (Wildman–Crippen LogP) is 2.15. The van der Waals surface area contributed by atoms with Crippen LogP contribution in [-0.4, -0.2) is 19.3 Å². The highest BCUT2D eigenvalue weighted by Crippen LogP contribution is 2.25. The van der Waals surface area contributed by atoms with Gasteiger partial charge in [-0.25, -0.2) is 0 Å². The van der Waals surface area contributed by atoms with E-state index in [1.165, 1.54) is 6.92 Å². The Labute approximate surface area is 63.2 Å². The van der Waals surface area contributed by atoms with Crippen molar-refractivity contribution in [1.82, 2.24) is 0 Å². The van der Waals surface area contributed by atoms with Crippen LogP contribution in [0.15, 0.2) is 0 Å². The van der Waals surface area contributed by atoms with Crippen molar-refractivity contribution in [2.45, 2.75) is 20.0 Å². The Morgan fingerprint density at radius 3 is 2.36 bits per heavy atom. The van der Waals surface area contributed by atoms with Crippen LogP contribution >= 0.6 is 0 Å². The maximum atomic E-state index is 12.5. The first-order valence-electron chi connectivity index (χ1n) is 3.30. The summed E-state index contributed by atoms with van der Waals surface area (Å²) in [7, 11) is 0. The molecule has 0 aliphatic carbocycles. The number of alkyl halides is 2. The minimum Gasteiger partial charge on any atom is -0.321 e. The summed E-state index contributed by atoms with van der Waals surface area (Å²) in [5.74, 6) is -1.27. The molecule has 0 aromatic rings. The first kappa shape index (κ1) is 10.7. The molecule has 1 unspecified atom stereocenters. The normalized spacial score (nSPS) is 15.0. The van der Waals surface area contributed by atoms with Gasteiger partial charge in [0.2, 0.25) is 0 Å². The molecule has 0 N–H and O–H groups in total. The van der Waals surface area contributed by atoms with Crippen LogP contribution < -0.4 is 0 Å². The molecule has 5 heteroatoms. The van der Waals surface area contributed by atoms with E-state index in [9.17, 15) is 13.3 Å². The number of hydrogen-bond acceptors (Lipinski definition) is 2. The van der Waals surface area contributed by atoms with Crippen LogP contribution in [0.5, 0.6) is 0 Å². The molecule has 0 saturated heterocycles. The van der Waals surface area contributed by atoms with Gasteiger partial charge in [0.25, 0.3) is 0 Å². The molecule has 0 aromatic heterocycles. The highest BCUT2D eigenvalue weighted by Gasteiger charge is 2.37. The molecule has 0 aliphatic heterocycles. The van der Waals surface area contributed by atoms with Crippen LogP contribution in [0.4, 0.5) is 13.3 Å². The zero-order chi connectivity index (χ0) is 8.91. The van der Waals surface area contributed by atoms with Crippen LogP contribution in [0.3, 0.4) is 0 Å². The third-order valence-electron chi connectivity index (χ3n) is 1.22. The molecule has 0 spiro atoms. The summed E-state index contributed by atoms with van der Waals surface area (Å²) in [6.45, 7) is 1.82. The second kappa shape index (κ2) is 4.56. The van der Waals surface area contributed by atoms with Crippen molar-refractivity contribution in [3.8, 4) is 0 Å². The summed E-state index contributed by atoms with van der Waals surface area (Å²) >= 11 is 0. The monoisotopic (exact) mass is 172 g/mol. The highest BCUT2D eigenvalue weighted by atomic mass is 19.3. The number of ether oxygens (including phenoxy) is 1. The second-order valence-electron chi connectivity index (χ2n) is 2.17. The Hall–Kier alpha value is -0.290. The lowest BCUT2D eigenvalue weighted by Gasteiger charge is -2.20. The standard InChI is InChI=1S/C6H11F3O2/c1-3-10-6(7,8)5(2)4-11-9/h5H,3-4H2,1-2H3. The summed E-state index contributed by atoms with van der Waals surface area (Å²) < 4.78 is 40.3. The zero-order valence-corrected chi connectivity index (χ0v) is 6.44. The minimum atomic E-state index is -3.30. The summed E-state index contributed by atoms with van der Waals surface area (Å²) in [5, 5.41) is 0. The molecule has 0 fully saturated rings. The lowest BCUT2D eigenvalue weighted by Crippen LogP contribution is -2.32. The van der Waals surface area contributed by atoms with E-state index in [0.717, 1.165) is 6.92 Å². The van der Waals surface area contributed by atoms with Crippen molar-refractivity contribution < 1.29 is 23.0 Å². The fraction of sp³-hybridized carbons (Fsp3) is 1.00. The van der Waals surface area contributed by atoms with Gasteiger partial charge in [-0.1, -0.05) is 6.92 Å². The second-order valence-corrected chi connectivity index (χ2v) is 2.17. The number of hydrogen-bond donors (Lipinski definition) is 0. The van der Waals surface area contributed by atoms with E-state index in [4.69, 9.17) is 0 Å². The van der Waals surface area contributed by atoms with E-state index in [-0.39, 0.29) is 6.61 Å². The van der Waals surface area contributed by atoms with E-state index in [1.54, 1.807) is 0 Å². The smallest absolute Gasteiger partial charge is 0.321 e. The molecular formula is C6H11F3O2. The molecule has 0 radical (unpaired) electrons. The van der Waals surface area contributed by atoms with Gasteiger partial charge in [0, 0.05) is 0 Å². The first-order chi connectivity index (χ1) is 5.04. The van der Waals surface area contributed by atoms with Gasteiger partial charge in [0.15, 0.2) is 0 Å². The van der Waals surface area contributed by atoms with E-state index in [0.29, 0.717) is 0 Å². The third kappa shape index (κ3) is 3.57. The summed E-state index contributed by atoms with van der Waals surface area (Å²) in [6.07, 6.45) is -3.30. The Balaban J connectivity index is 3.83. The quantitative estimate of drug-likeness (QED) is 0.632. The minimum absolute atomic E-state index is 0.108. The molecule has 0 amide bonds. The molecule has 0 aromatic carbocycles. The van der Waals surface area contributed by atoms with Gasteiger partial charge in [-0.3, -0.25) is 0 Å². The van der Waals surface area contributed by atoms with Gasteiger partial charge in [0.05, 0.1) is 19.1 Å². The lowest BCUT2D eigenvalue weighted by molar-refractivity contribution is -0.287. The Kier molecular flexibility index (Phi) is 4.44. The summed E-state index contributed by atoms with van der Waals surface area (Å²) in [4.78, 5) is 3.08. The highest BCUT2D eigenvalue weighted by molar-refractivity contribution is 4.61. The fourth-order valence-corrected chi connectivity index (χ4v) is 0.526. The van der Waals surface area contributed by atoms with E-state index in [1.807, 2.05) is 0 Å². The third-order valence-corrected chi connectivity index (χ3v) is 1.22. The average molecular weight is 172 g/mol. The molecule has 1 atom stereocenters. The van der Waals surface area contributed by atoms with Gasteiger partial charge in [-0.15, -0.1) is 0 Å². The zero-order valence-electron chi connectivity index (χ0n) is 6.44. The van der Waals surface area contributed by atoms with Crippen LogP contribution in [0.25, 0.3) is 0 Å². The largest absolute Gasteiger partial charge is 0.360 e. The maximum Gasteiger partial charge on any atom is 0.360 e. The van der Waals surface area contributed by atoms with Crippen molar-refractivity contribution >= 4 is 0 Å². The van der Waals surface area contributed by atoms with Crippen LogP contribution in [0.1, 0.15) is 13.8 Å². The Morgan fingerprint density at radius 1 is 1.45 bits per heavy atom. The topological polar surface area (TPSA) is 18.5 Å². The maximum absolute atomic E-state index is 12.5. The van der Waals surface area contributed by atoms with E-state index >= 15 is 0 Å². The first-order valence-corrected chi connectivity index (χ1v) is 3.30. The van der Waals surface area contributed by atoms with Crippen LogP contribution in [-0.2, 0) is 9.68 Å². The van der Waals surface area contributed by atoms with Gasteiger partial charge in [-0.2, -0.15) is 13.7 Å². The molecule has 2 nitrogen and oxygen atoms in total. The van der Waals surface area contributed by atoms with Crippen molar-refractivity contribution in [3.63, 3.8) is 0 Å². The SMILES string of the molecule is CCOC(F)(F)C(C)COF. The molecule has 0 heterocycles. The van der Waals surface area contributed by atoms with Crippen molar-refractivity contribution in [2.75, 3.05) is 13.2 Å². The Morgan fingerprint density at radius 2 is 2.00 bits per heavy atom. The molecule has 0 saturated carbocycles. The van der Waals surface area contributed by atoms with Crippen molar-refractivity contribution in [3.05, 3.63) is 0 Å². The number of rotatable bonds is 5. The van der Waals surface area contributed by atoms with Gasteiger partial charge < -0.3 is 4.74 Å². The molecule has 68 valence electrons. The fourth-order valence-electron chi connectivity index (χ4n) is 0.526. The average Bonchev–Trinajstić information content (AvgIpc) is 1.88. The summed E-state index contributed by atoms with van der Waals surface area (Å²) in [5.41, 5.74) is 0. The van der Waals surface area contributed by atoms with E-state index in [2.05, 4.69) is 9.68 Å². The van der Waals surface area contributed by atoms with Crippen molar-refractivity contribution in [2.24, 2.45) is 5.92 Å². The number of halogens is 3. The van der Waals surface area contributed by atoms with E-state index < -0.39 is 18.6 Å². The van der Waals surface area contributed by atoms with Gasteiger partial charge in [0.1, 0.15) is 0 Å². The van der Waals surface area contributed by atoms with Crippen LogP contribution in [0.2, 0.25) is 0 Å². The van der Waals surface area contributed by atoms with Crippen molar-refractivity contribution in [1.29, 1.82) is 0 Å². The summed E-state index contributed by atoms with van der Waals surface area (Å²) in [6, 6.07) is 0. The molecule has 0 bridgehead atoms. The molecular weight excluding hydrogens is 161 g/mol. The lowest BCUT2D eigenvalue weighted by atomic mass is 10.2. The Bertz CT molecular complexity index is 108. The van der Waals surface area contributed by atoms with Gasteiger partial charge in [-0.05, 0) is 11.4 Å². The predicted molar refractivity (Wildman–Crippen MR) is 32.8 cm³/mol. The van der Waals surface area contributed by atoms with Gasteiger partial charge >= 0.3 is 6.11 Å². The molecule has 0 aliphatic rings. The van der Waals surface area contributed by atoms with Crippen LogP contribution in [0, 0.1) is 5.92 Å².